The number of aromatic nitrogens is 2. The van der Waals surface area contributed by atoms with Gasteiger partial charge < -0.3 is 0 Å². The van der Waals surface area contributed by atoms with Gasteiger partial charge in [0.25, 0.3) is 0 Å². The maximum Gasteiger partial charge on any atom is 0.0530 e. The summed E-state index contributed by atoms with van der Waals surface area (Å²) in [5, 5.41) is 4.37. The number of aryl methyl sites for hydroxylation is 1. The van der Waals surface area contributed by atoms with Crippen LogP contribution in [0.25, 0.3) is 0 Å². The Labute approximate surface area is 71.9 Å². The average molecular weight is 160 g/mol. The van der Waals surface area contributed by atoms with Gasteiger partial charge in [-0.2, -0.15) is 5.10 Å². The summed E-state index contributed by atoms with van der Waals surface area (Å²) in [4.78, 5) is 0. The first-order valence-corrected chi connectivity index (χ1v) is 4.64. The summed E-state index contributed by atoms with van der Waals surface area (Å²) in [5.41, 5.74) is 2.95. The zero-order chi connectivity index (χ0) is 8.13. The highest BCUT2D eigenvalue weighted by molar-refractivity contribution is 5.43. The van der Waals surface area contributed by atoms with E-state index in [1.54, 1.807) is 0 Å². The molecule has 0 saturated carbocycles. The molecule has 0 aromatic carbocycles. The van der Waals surface area contributed by atoms with E-state index in [1.165, 1.54) is 17.7 Å². The summed E-state index contributed by atoms with van der Waals surface area (Å²) in [6.07, 6.45) is 8.01. The molecule has 2 nitrogen and oxygen atoms in total. The summed E-state index contributed by atoms with van der Waals surface area (Å²) in [7, 11) is 0. The summed E-state index contributed by atoms with van der Waals surface area (Å²) in [5.74, 6) is 1.36. The van der Waals surface area contributed by atoms with Gasteiger partial charge in [-0.3, -0.25) is 4.68 Å². The zero-order valence-electron chi connectivity index (χ0n) is 7.20. The fourth-order valence-corrected chi connectivity index (χ4v) is 2.48. The van der Waals surface area contributed by atoms with Crippen LogP contribution in [0.2, 0.25) is 0 Å². The molecule has 2 bridgehead atoms. The molecule has 0 radical (unpaired) electrons. The summed E-state index contributed by atoms with van der Waals surface area (Å²) in [6.45, 7) is 3.16. The van der Waals surface area contributed by atoms with E-state index in [2.05, 4.69) is 28.9 Å². The molecule has 3 rings (SSSR count). The molecule has 2 heteroatoms. The van der Waals surface area contributed by atoms with Crippen molar-refractivity contribution < 1.29 is 0 Å². The summed E-state index contributed by atoms with van der Waals surface area (Å²) in [6, 6.07) is 0. The van der Waals surface area contributed by atoms with E-state index in [9.17, 15) is 0 Å². The molecule has 0 N–H and O–H groups in total. The van der Waals surface area contributed by atoms with Crippen LogP contribution in [-0.2, 0) is 6.54 Å². The molecular weight excluding hydrogens is 148 g/mol. The van der Waals surface area contributed by atoms with Crippen molar-refractivity contribution in [2.75, 3.05) is 0 Å². The Balaban J connectivity index is 2.19. The van der Waals surface area contributed by atoms with Crippen molar-refractivity contribution in [2.45, 2.75) is 31.7 Å². The van der Waals surface area contributed by atoms with Crippen LogP contribution in [0.4, 0.5) is 0 Å². The van der Waals surface area contributed by atoms with E-state index in [-0.39, 0.29) is 0 Å². The molecule has 0 unspecified atom stereocenters. The first-order chi connectivity index (χ1) is 5.90. The van der Waals surface area contributed by atoms with Crippen molar-refractivity contribution in [3.05, 3.63) is 29.6 Å². The lowest BCUT2D eigenvalue weighted by Crippen LogP contribution is -2.04. The summed E-state index contributed by atoms with van der Waals surface area (Å²) < 4.78 is 2.14. The van der Waals surface area contributed by atoms with Crippen LogP contribution in [0, 0.1) is 0 Å². The average Bonchev–Trinajstić information content (AvgIpc) is 2.76. The molecule has 62 valence electrons. The van der Waals surface area contributed by atoms with Gasteiger partial charge in [-0.25, -0.2) is 0 Å². The SMILES string of the molecule is CCn1ncc2c1[C@@H]1C=C[C@H]2C1. The Morgan fingerprint density at radius 3 is 3.17 bits per heavy atom. The Morgan fingerprint density at radius 2 is 2.33 bits per heavy atom. The molecular formula is C10H12N2. The molecule has 0 saturated heterocycles. The van der Waals surface area contributed by atoms with Crippen LogP contribution < -0.4 is 0 Å². The fraction of sp³-hybridized carbons (Fsp3) is 0.500. The summed E-state index contributed by atoms with van der Waals surface area (Å²) >= 11 is 0. The van der Waals surface area contributed by atoms with Crippen molar-refractivity contribution in [1.29, 1.82) is 0 Å². The van der Waals surface area contributed by atoms with Crippen LogP contribution in [0.5, 0.6) is 0 Å². The van der Waals surface area contributed by atoms with Gasteiger partial charge in [-0.05, 0) is 13.3 Å². The Hall–Kier alpha value is -1.05. The van der Waals surface area contributed by atoms with Gasteiger partial charge in [0, 0.05) is 29.6 Å². The molecule has 0 spiro atoms. The third-order valence-electron chi connectivity index (χ3n) is 3.04. The smallest absolute Gasteiger partial charge is 0.0530 e. The van der Waals surface area contributed by atoms with Crippen LogP contribution >= 0.6 is 0 Å². The Morgan fingerprint density at radius 1 is 1.50 bits per heavy atom. The predicted octanol–water partition coefficient (Wildman–Crippen LogP) is 2.04. The molecule has 2 aliphatic rings. The Kier molecular flexibility index (Phi) is 1.08. The lowest BCUT2D eigenvalue weighted by molar-refractivity contribution is 0.605. The Bertz CT molecular complexity index is 349. The van der Waals surface area contributed by atoms with E-state index in [0.29, 0.717) is 11.8 Å². The van der Waals surface area contributed by atoms with Crippen molar-refractivity contribution in [2.24, 2.45) is 0 Å². The number of rotatable bonds is 1. The van der Waals surface area contributed by atoms with Crippen LogP contribution in [0.1, 0.15) is 36.4 Å². The second kappa shape index (κ2) is 2.00. The molecule has 1 heterocycles. The largest absolute Gasteiger partial charge is 0.269 e. The topological polar surface area (TPSA) is 17.8 Å². The van der Waals surface area contributed by atoms with Crippen LogP contribution in [0.3, 0.4) is 0 Å². The minimum atomic E-state index is 0.674. The third-order valence-corrected chi connectivity index (χ3v) is 3.04. The third kappa shape index (κ3) is 0.591. The second-order valence-electron chi connectivity index (χ2n) is 3.63. The van der Waals surface area contributed by atoms with Crippen molar-refractivity contribution in [3.63, 3.8) is 0 Å². The highest BCUT2D eigenvalue weighted by atomic mass is 15.3. The van der Waals surface area contributed by atoms with Gasteiger partial charge in [0.05, 0.1) is 6.20 Å². The molecule has 12 heavy (non-hydrogen) atoms. The normalized spacial score (nSPS) is 29.8. The maximum atomic E-state index is 4.37. The highest BCUT2D eigenvalue weighted by Gasteiger charge is 2.35. The van der Waals surface area contributed by atoms with Gasteiger partial charge in [0.2, 0.25) is 0 Å². The van der Waals surface area contributed by atoms with Crippen LogP contribution in [0.15, 0.2) is 18.3 Å². The zero-order valence-corrected chi connectivity index (χ0v) is 7.20. The molecule has 1 aromatic rings. The van der Waals surface area contributed by atoms with E-state index in [1.807, 2.05) is 6.20 Å². The number of fused-ring (bicyclic) bond motifs is 5. The maximum absolute atomic E-state index is 4.37. The van der Waals surface area contributed by atoms with Crippen LogP contribution in [-0.4, -0.2) is 9.78 Å². The monoisotopic (exact) mass is 160 g/mol. The van der Waals surface area contributed by atoms with Crippen molar-refractivity contribution in [3.8, 4) is 0 Å². The first kappa shape index (κ1) is 6.46. The number of hydrogen-bond acceptors (Lipinski definition) is 1. The van der Waals surface area contributed by atoms with Crippen molar-refractivity contribution >= 4 is 0 Å². The van der Waals surface area contributed by atoms with Gasteiger partial charge in [0.15, 0.2) is 0 Å². The van der Waals surface area contributed by atoms with Gasteiger partial charge in [-0.1, -0.05) is 12.2 Å². The number of hydrogen-bond donors (Lipinski definition) is 0. The first-order valence-electron chi connectivity index (χ1n) is 4.64. The van der Waals surface area contributed by atoms with E-state index in [4.69, 9.17) is 0 Å². The standard InChI is InChI=1S/C10H12N2/c1-2-12-10-8-4-3-7(5-8)9(10)6-11-12/h3-4,6-8H,2,5H2,1H3/t7-,8+/m0/s1. The highest BCUT2D eigenvalue weighted by Crippen LogP contribution is 2.47. The second-order valence-corrected chi connectivity index (χ2v) is 3.63. The molecule has 2 aliphatic carbocycles. The quantitative estimate of drug-likeness (QED) is 0.575. The molecule has 2 atom stereocenters. The van der Waals surface area contributed by atoms with Gasteiger partial charge in [0.1, 0.15) is 0 Å². The van der Waals surface area contributed by atoms with Gasteiger partial charge in [-0.15, -0.1) is 0 Å². The van der Waals surface area contributed by atoms with Crippen molar-refractivity contribution in [1.82, 2.24) is 9.78 Å². The van der Waals surface area contributed by atoms with E-state index < -0.39 is 0 Å². The fourth-order valence-electron chi connectivity index (χ4n) is 2.48. The van der Waals surface area contributed by atoms with E-state index >= 15 is 0 Å². The minimum Gasteiger partial charge on any atom is -0.269 e. The molecule has 0 aliphatic heterocycles. The molecule has 0 fully saturated rings. The molecule has 1 aromatic heterocycles. The number of nitrogens with zero attached hydrogens (tertiary/aromatic N) is 2. The minimum absolute atomic E-state index is 0.674. The predicted molar refractivity (Wildman–Crippen MR) is 47.1 cm³/mol. The van der Waals surface area contributed by atoms with E-state index in [0.717, 1.165) is 6.54 Å². The lowest BCUT2D eigenvalue weighted by Gasteiger charge is -2.07. The number of allylic oxidation sites excluding steroid dienone is 2. The lowest BCUT2D eigenvalue weighted by atomic mass is 10.1. The molecule has 0 amide bonds. The van der Waals surface area contributed by atoms with Gasteiger partial charge >= 0.3 is 0 Å².